The highest BCUT2D eigenvalue weighted by Gasteiger charge is 2.37. The minimum absolute atomic E-state index is 0.148. The number of hydrogen-bond acceptors (Lipinski definition) is 5. The fourth-order valence-corrected chi connectivity index (χ4v) is 4.44. The molecule has 2 atom stereocenters. The van der Waals surface area contributed by atoms with Gasteiger partial charge in [0.25, 0.3) is 0 Å². The van der Waals surface area contributed by atoms with Crippen LogP contribution in [0.2, 0.25) is 0 Å². The van der Waals surface area contributed by atoms with Crippen LogP contribution in [0.5, 0.6) is 0 Å². The third kappa shape index (κ3) is 3.36. The third-order valence-corrected chi connectivity index (χ3v) is 5.44. The molecule has 20 heavy (non-hydrogen) atoms. The summed E-state index contributed by atoms with van der Waals surface area (Å²) in [6.45, 7) is 0. The van der Waals surface area contributed by atoms with Gasteiger partial charge in [0.15, 0.2) is 9.84 Å². The molecule has 1 aliphatic heterocycles. The normalized spacial score (nSPS) is 25.1. The van der Waals surface area contributed by atoms with Gasteiger partial charge < -0.3 is 4.74 Å². The first-order chi connectivity index (χ1) is 9.32. The lowest BCUT2D eigenvalue weighted by Crippen LogP contribution is -2.51. The van der Waals surface area contributed by atoms with Gasteiger partial charge in [0.2, 0.25) is 0 Å². The summed E-state index contributed by atoms with van der Waals surface area (Å²) in [6.07, 6.45) is 0. The summed E-state index contributed by atoms with van der Waals surface area (Å²) in [4.78, 5) is 11.5. The maximum Gasteiger partial charge on any atom is 0.323 e. The summed E-state index contributed by atoms with van der Waals surface area (Å²) >= 11 is 3.20. The van der Waals surface area contributed by atoms with Crippen LogP contribution in [0.1, 0.15) is 11.6 Å². The molecule has 1 aromatic carbocycles. The lowest BCUT2D eigenvalue weighted by molar-refractivity contribution is -0.142. The van der Waals surface area contributed by atoms with Crippen LogP contribution in [0.25, 0.3) is 0 Å². The first-order valence-electron chi connectivity index (χ1n) is 5.81. The average molecular weight is 366 g/mol. The summed E-state index contributed by atoms with van der Waals surface area (Å²) in [5.74, 6) is -1.50. The molecule has 0 bridgehead atoms. The molecule has 0 aromatic heterocycles. The Morgan fingerprint density at radius 3 is 2.75 bits per heavy atom. The van der Waals surface area contributed by atoms with Crippen molar-refractivity contribution >= 4 is 31.7 Å². The van der Waals surface area contributed by atoms with Crippen LogP contribution in [0.3, 0.4) is 0 Å². The molecule has 1 saturated heterocycles. The van der Waals surface area contributed by atoms with Crippen molar-refractivity contribution in [1.82, 2.24) is 5.32 Å². The molecule has 0 saturated carbocycles. The highest BCUT2D eigenvalue weighted by atomic mass is 79.9. The molecule has 1 fully saturated rings. The van der Waals surface area contributed by atoms with Gasteiger partial charge in [-0.2, -0.15) is 0 Å². The monoisotopic (exact) mass is 365 g/mol. The van der Waals surface area contributed by atoms with Crippen molar-refractivity contribution in [2.45, 2.75) is 12.1 Å². The zero-order valence-corrected chi connectivity index (χ0v) is 13.0. The van der Waals surface area contributed by atoms with E-state index >= 15 is 0 Å². The van der Waals surface area contributed by atoms with Gasteiger partial charge in [0, 0.05) is 10.5 Å². The first-order valence-corrected chi connectivity index (χ1v) is 8.43. The number of methoxy groups -OCH3 is 1. The minimum atomic E-state index is -3.39. The molecule has 0 aliphatic carbocycles. The predicted octanol–water partition coefficient (Wildman–Crippen LogP) is 1.19. The van der Waals surface area contributed by atoms with Crippen molar-refractivity contribution < 1.29 is 22.3 Å². The molecule has 0 radical (unpaired) electrons. The Bertz CT molecular complexity index is 634. The minimum Gasteiger partial charge on any atom is -0.468 e. The number of rotatable bonds is 2. The van der Waals surface area contributed by atoms with Gasteiger partial charge in [0.1, 0.15) is 11.9 Å². The quantitative estimate of drug-likeness (QED) is 0.797. The lowest BCUT2D eigenvalue weighted by Gasteiger charge is -2.30. The molecule has 5 nitrogen and oxygen atoms in total. The van der Waals surface area contributed by atoms with Gasteiger partial charge >= 0.3 is 5.97 Å². The molecule has 1 aliphatic rings. The van der Waals surface area contributed by atoms with E-state index in [0.29, 0.717) is 10.0 Å². The van der Waals surface area contributed by atoms with Crippen LogP contribution in [0.4, 0.5) is 4.39 Å². The van der Waals surface area contributed by atoms with Crippen LogP contribution < -0.4 is 5.32 Å². The second-order valence-electron chi connectivity index (χ2n) is 4.54. The van der Waals surface area contributed by atoms with Crippen LogP contribution in [0, 0.1) is 5.82 Å². The van der Waals surface area contributed by atoms with E-state index in [0.717, 1.165) is 0 Å². The summed E-state index contributed by atoms with van der Waals surface area (Å²) in [5, 5.41) is 2.93. The summed E-state index contributed by atoms with van der Waals surface area (Å²) in [6, 6.07) is 2.49. The number of ether oxygens (including phenoxy) is 1. The summed E-state index contributed by atoms with van der Waals surface area (Å²) in [5.41, 5.74) is 0.587. The second-order valence-corrected chi connectivity index (χ2v) is 7.55. The van der Waals surface area contributed by atoms with Crippen molar-refractivity contribution in [3.63, 3.8) is 0 Å². The van der Waals surface area contributed by atoms with Gasteiger partial charge in [-0.1, -0.05) is 22.0 Å². The number of nitrogens with one attached hydrogen (secondary N) is 1. The van der Waals surface area contributed by atoms with Crippen LogP contribution in [0.15, 0.2) is 22.7 Å². The fraction of sp³-hybridized carbons (Fsp3) is 0.417. The van der Waals surface area contributed by atoms with Gasteiger partial charge in [-0.15, -0.1) is 0 Å². The van der Waals surface area contributed by atoms with Crippen LogP contribution in [-0.4, -0.2) is 39.0 Å². The largest absolute Gasteiger partial charge is 0.468 e. The molecule has 2 rings (SSSR count). The van der Waals surface area contributed by atoms with Gasteiger partial charge in [0.05, 0.1) is 18.6 Å². The Labute approximate surface area is 124 Å². The predicted molar refractivity (Wildman–Crippen MR) is 74.4 cm³/mol. The SMILES string of the molecule is COC(=O)C1CS(=O)(=O)CC(c2ccc(F)cc2Br)N1. The van der Waals surface area contributed by atoms with Crippen molar-refractivity contribution in [1.29, 1.82) is 0 Å². The van der Waals surface area contributed by atoms with Crippen molar-refractivity contribution in [2.75, 3.05) is 18.6 Å². The van der Waals surface area contributed by atoms with E-state index in [1.807, 2.05) is 0 Å². The number of sulfone groups is 1. The molecule has 8 heteroatoms. The lowest BCUT2D eigenvalue weighted by atomic mass is 10.1. The number of hydrogen-bond donors (Lipinski definition) is 1. The van der Waals surface area contributed by atoms with Gasteiger partial charge in [-0.3, -0.25) is 10.1 Å². The van der Waals surface area contributed by atoms with E-state index in [1.165, 1.54) is 25.3 Å². The standard InChI is InChI=1S/C12H13BrFNO4S/c1-19-12(16)11-6-20(17,18)5-10(15-11)8-3-2-7(14)4-9(8)13/h2-4,10-11,15H,5-6H2,1H3. The molecule has 0 spiro atoms. The number of benzene rings is 1. The van der Waals surface area contributed by atoms with Gasteiger partial charge in [-0.25, -0.2) is 12.8 Å². The number of esters is 1. The Hall–Kier alpha value is -0.990. The van der Waals surface area contributed by atoms with E-state index in [1.54, 1.807) is 0 Å². The van der Waals surface area contributed by atoms with E-state index in [-0.39, 0.29) is 11.5 Å². The van der Waals surface area contributed by atoms with Crippen LogP contribution in [-0.2, 0) is 19.4 Å². The van der Waals surface area contributed by atoms with Gasteiger partial charge in [-0.05, 0) is 17.7 Å². The number of carbonyl (C=O) groups excluding carboxylic acids is 1. The molecule has 1 heterocycles. The number of carbonyl (C=O) groups is 1. The summed E-state index contributed by atoms with van der Waals surface area (Å²) in [7, 11) is -2.19. The molecular weight excluding hydrogens is 353 g/mol. The average Bonchev–Trinajstić information content (AvgIpc) is 2.35. The Morgan fingerprint density at radius 1 is 1.45 bits per heavy atom. The van der Waals surface area contributed by atoms with E-state index in [9.17, 15) is 17.6 Å². The Morgan fingerprint density at radius 2 is 2.15 bits per heavy atom. The van der Waals surface area contributed by atoms with Crippen LogP contribution >= 0.6 is 15.9 Å². The maximum atomic E-state index is 13.1. The van der Waals surface area contributed by atoms with Crippen molar-refractivity contribution in [3.8, 4) is 0 Å². The zero-order chi connectivity index (χ0) is 14.9. The summed E-state index contributed by atoms with van der Waals surface area (Å²) < 4.78 is 41.9. The van der Waals surface area contributed by atoms with Crippen molar-refractivity contribution in [2.24, 2.45) is 0 Å². The second kappa shape index (κ2) is 5.79. The van der Waals surface area contributed by atoms with E-state index < -0.39 is 33.7 Å². The molecule has 1 aromatic rings. The fourth-order valence-electron chi connectivity index (χ4n) is 2.16. The first kappa shape index (κ1) is 15.4. The molecule has 2 unspecified atom stereocenters. The number of halogens is 2. The maximum absolute atomic E-state index is 13.1. The van der Waals surface area contributed by atoms with Crippen molar-refractivity contribution in [3.05, 3.63) is 34.1 Å². The smallest absolute Gasteiger partial charge is 0.323 e. The molecular formula is C12H13BrFNO4S. The Kier molecular flexibility index (Phi) is 4.46. The Balaban J connectivity index is 2.33. The third-order valence-electron chi connectivity index (χ3n) is 3.07. The molecule has 0 amide bonds. The highest BCUT2D eigenvalue weighted by molar-refractivity contribution is 9.10. The molecule has 110 valence electrons. The topological polar surface area (TPSA) is 72.5 Å². The molecule has 1 N–H and O–H groups in total. The van der Waals surface area contributed by atoms with E-state index in [4.69, 9.17) is 0 Å². The zero-order valence-electron chi connectivity index (χ0n) is 10.6. The van der Waals surface area contributed by atoms with E-state index in [2.05, 4.69) is 26.0 Å². The highest BCUT2D eigenvalue weighted by Crippen LogP contribution is 2.28.